The van der Waals surface area contributed by atoms with Crippen molar-refractivity contribution in [2.75, 3.05) is 13.2 Å². The second-order valence-corrected chi connectivity index (χ2v) is 7.19. The molecule has 0 spiro atoms. The van der Waals surface area contributed by atoms with Crippen molar-refractivity contribution in [3.05, 3.63) is 0 Å². The number of rotatable bonds is 8. The van der Waals surface area contributed by atoms with E-state index in [-0.39, 0.29) is 0 Å². The molecule has 0 atom stereocenters. The van der Waals surface area contributed by atoms with Crippen LogP contribution in [0, 0.1) is 0 Å². The highest BCUT2D eigenvalue weighted by Crippen LogP contribution is 2.21. The molecule has 2 fully saturated rings. The fourth-order valence-electron chi connectivity index (χ4n) is 3.65. The van der Waals surface area contributed by atoms with Gasteiger partial charge in [0.15, 0.2) is 0 Å². The third kappa shape index (κ3) is 8.05. The molecular weight excluding hydrogens is 288 g/mol. The number of unbranched alkanes of at least 4 members (excludes halogenated alkanes) is 3. The van der Waals surface area contributed by atoms with Crippen molar-refractivity contribution in [3.8, 4) is 0 Å². The van der Waals surface area contributed by atoms with E-state index in [0.29, 0.717) is 18.7 Å². The van der Waals surface area contributed by atoms with Gasteiger partial charge in [-0.15, -0.1) is 0 Å². The Bertz CT molecular complexity index is 321. The summed E-state index contributed by atoms with van der Waals surface area (Å²) in [5.41, 5.74) is 0. The van der Waals surface area contributed by atoms with Crippen molar-refractivity contribution >= 4 is 6.02 Å². The number of ether oxygens (including phenoxy) is 1. The van der Waals surface area contributed by atoms with E-state index in [2.05, 4.69) is 5.32 Å². The van der Waals surface area contributed by atoms with Gasteiger partial charge in [0.2, 0.25) is 0 Å². The van der Waals surface area contributed by atoms with Gasteiger partial charge in [-0.1, -0.05) is 44.9 Å². The van der Waals surface area contributed by atoms with Crippen LogP contribution in [0.15, 0.2) is 4.99 Å². The van der Waals surface area contributed by atoms with Gasteiger partial charge in [-0.2, -0.15) is 0 Å². The van der Waals surface area contributed by atoms with Crippen LogP contribution in [-0.4, -0.2) is 36.4 Å². The Morgan fingerprint density at radius 1 is 0.870 bits per heavy atom. The number of amidine groups is 1. The van der Waals surface area contributed by atoms with Crippen LogP contribution < -0.4 is 5.32 Å². The van der Waals surface area contributed by atoms with Crippen molar-refractivity contribution in [2.24, 2.45) is 4.99 Å². The quantitative estimate of drug-likeness (QED) is 0.400. The molecule has 2 saturated carbocycles. The van der Waals surface area contributed by atoms with Gasteiger partial charge in [-0.3, -0.25) is 0 Å². The van der Waals surface area contributed by atoms with Crippen LogP contribution >= 0.6 is 0 Å². The Labute approximate surface area is 142 Å². The summed E-state index contributed by atoms with van der Waals surface area (Å²) >= 11 is 0. The Balaban J connectivity index is 1.76. The molecule has 0 aliphatic heterocycles. The lowest BCUT2D eigenvalue weighted by molar-refractivity contribution is 0.253. The molecule has 4 nitrogen and oxygen atoms in total. The second kappa shape index (κ2) is 11.7. The van der Waals surface area contributed by atoms with Crippen LogP contribution in [0.5, 0.6) is 0 Å². The van der Waals surface area contributed by atoms with E-state index in [9.17, 15) is 0 Å². The van der Waals surface area contributed by atoms with Crippen molar-refractivity contribution in [3.63, 3.8) is 0 Å². The lowest BCUT2D eigenvalue weighted by atomic mass is 9.95. The summed E-state index contributed by atoms with van der Waals surface area (Å²) in [5.74, 6) is 0. The third-order valence-electron chi connectivity index (χ3n) is 5.10. The molecule has 0 aromatic rings. The highest BCUT2D eigenvalue weighted by atomic mass is 16.5. The summed E-state index contributed by atoms with van der Waals surface area (Å²) in [6.07, 6.45) is 17.1. The minimum Gasteiger partial charge on any atom is -0.465 e. The molecule has 23 heavy (non-hydrogen) atoms. The molecule has 0 heterocycles. The number of nitrogens with one attached hydrogen (secondary N) is 1. The highest BCUT2D eigenvalue weighted by molar-refractivity contribution is 5.74. The minimum absolute atomic E-state index is 0.304. The number of hydrogen-bond acceptors (Lipinski definition) is 3. The van der Waals surface area contributed by atoms with E-state index in [0.717, 1.165) is 38.3 Å². The molecule has 4 heteroatoms. The van der Waals surface area contributed by atoms with E-state index in [4.69, 9.17) is 14.8 Å². The van der Waals surface area contributed by atoms with E-state index in [1.54, 1.807) is 0 Å². The fourth-order valence-corrected chi connectivity index (χ4v) is 3.65. The Hall–Kier alpha value is -0.770. The summed E-state index contributed by atoms with van der Waals surface area (Å²) < 4.78 is 6.00. The van der Waals surface area contributed by atoms with E-state index in [1.807, 2.05) is 0 Å². The van der Waals surface area contributed by atoms with Crippen LogP contribution in [0.1, 0.15) is 89.9 Å². The average molecular weight is 325 g/mol. The zero-order valence-electron chi connectivity index (χ0n) is 14.8. The van der Waals surface area contributed by atoms with Gasteiger partial charge in [0.25, 0.3) is 6.02 Å². The third-order valence-corrected chi connectivity index (χ3v) is 5.10. The summed E-state index contributed by atoms with van der Waals surface area (Å²) in [6, 6.07) is 1.83. The van der Waals surface area contributed by atoms with Crippen molar-refractivity contribution in [1.29, 1.82) is 0 Å². The SMILES string of the molecule is OCCCCCCOC(=NC1CCCCC1)NC1CCCCC1. The maximum absolute atomic E-state index is 8.82. The molecule has 0 aromatic heterocycles. The monoisotopic (exact) mass is 324 g/mol. The molecule has 0 bridgehead atoms. The van der Waals surface area contributed by atoms with Crippen molar-refractivity contribution in [2.45, 2.75) is 102 Å². The number of aliphatic imine (C=N–C) groups is 1. The van der Waals surface area contributed by atoms with Gasteiger partial charge in [-0.05, 0) is 44.9 Å². The molecule has 0 unspecified atom stereocenters. The van der Waals surface area contributed by atoms with Crippen LogP contribution in [0.4, 0.5) is 0 Å². The molecular formula is C19H36N2O2. The summed E-state index contributed by atoms with van der Waals surface area (Å²) in [7, 11) is 0. The number of nitrogens with zero attached hydrogens (tertiary/aromatic N) is 1. The van der Waals surface area contributed by atoms with E-state index in [1.165, 1.54) is 64.2 Å². The first kappa shape index (κ1) is 18.6. The predicted octanol–water partition coefficient (Wildman–Crippen LogP) is 4.17. The van der Waals surface area contributed by atoms with Gasteiger partial charge < -0.3 is 15.2 Å². The summed E-state index contributed by atoms with van der Waals surface area (Å²) in [5, 5.41) is 12.4. The molecule has 0 radical (unpaired) electrons. The molecule has 0 amide bonds. The van der Waals surface area contributed by atoms with Crippen molar-refractivity contribution in [1.82, 2.24) is 5.32 Å². The Morgan fingerprint density at radius 3 is 2.22 bits per heavy atom. The molecule has 2 aliphatic carbocycles. The smallest absolute Gasteiger partial charge is 0.285 e. The molecule has 2 rings (SSSR count). The topological polar surface area (TPSA) is 53.9 Å². The molecule has 2 aliphatic rings. The standard InChI is InChI=1S/C19H36N2O2/c22-15-9-1-2-10-16-23-19(20-17-11-5-3-6-12-17)21-18-13-7-4-8-14-18/h17-18,22H,1-16H2,(H,20,21). The second-order valence-electron chi connectivity index (χ2n) is 7.19. The maximum atomic E-state index is 8.82. The summed E-state index contributed by atoms with van der Waals surface area (Å²) in [6.45, 7) is 1.05. The van der Waals surface area contributed by atoms with Gasteiger partial charge in [0.1, 0.15) is 0 Å². The average Bonchev–Trinajstić information content (AvgIpc) is 2.60. The van der Waals surface area contributed by atoms with E-state index >= 15 is 0 Å². The highest BCUT2D eigenvalue weighted by Gasteiger charge is 2.18. The first-order valence-electron chi connectivity index (χ1n) is 9.96. The Morgan fingerprint density at radius 2 is 1.52 bits per heavy atom. The largest absolute Gasteiger partial charge is 0.465 e. The van der Waals surface area contributed by atoms with Crippen LogP contribution in [0.25, 0.3) is 0 Å². The molecule has 0 saturated heterocycles. The van der Waals surface area contributed by atoms with Crippen LogP contribution in [-0.2, 0) is 4.74 Å². The zero-order valence-corrected chi connectivity index (χ0v) is 14.8. The lowest BCUT2D eigenvalue weighted by Gasteiger charge is -2.26. The molecule has 0 aromatic carbocycles. The zero-order chi connectivity index (χ0) is 16.2. The van der Waals surface area contributed by atoms with Gasteiger partial charge in [-0.25, -0.2) is 4.99 Å². The first-order valence-corrected chi connectivity index (χ1v) is 9.96. The molecule has 2 N–H and O–H groups in total. The minimum atomic E-state index is 0.304. The van der Waals surface area contributed by atoms with Crippen LogP contribution in [0.2, 0.25) is 0 Å². The van der Waals surface area contributed by atoms with Gasteiger partial charge in [0, 0.05) is 12.6 Å². The van der Waals surface area contributed by atoms with Crippen molar-refractivity contribution < 1.29 is 9.84 Å². The van der Waals surface area contributed by atoms with Gasteiger partial charge >= 0.3 is 0 Å². The number of aliphatic hydroxyl groups is 1. The maximum Gasteiger partial charge on any atom is 0.285 e. The summed E-state index contributed by atoms with van der Waals surface area (Å²) in [4.78, 5) is 4.91. The van der Waals surface area contributed by atoms with E-state index < -0.39 is 0 Å². The molecule has 134 valence electrons. The fraction of sp³-hybridized carbons (Fsp3) is 0.947. The van der Waals surface area contributed by atoms with Crippen LogP contribution in [0.3, 0.4) is 0 Å². The number of hydrogen-bond donors (Lipinski definition) is 2. The number of aliphatic hydroxyl groups excluding tert-OH is 1. The lowest BCUT2D eigenvalue weighted by Crippen LogP contribution is -2.38. The first-order chi connectivity index (χ1) is 11.4. The normalized spacial score (nSPS) is 21.3. The van der Waals surface area contributed by atoms with Gasteiger partial charge in [0.05, 0.1) is 12.6 Å². The Kier molecular flexibility index (Phi) is 9.46. The predicted molar refractivity (Wildman–Crippen MR) is 95.8 cm³/mol.